The zero-order chi connectivity index (χ0) is 17.3. The van der Waals surface area contributed by atoms with Crippen LogP contribution in [-0.4, -0.2) is 36.3 Å². The summed E-state index contributed by atoms with van der Waals surface area (Å²) in [4.78, 5) is 8.35. The fourth-order valence-corrected chi connectivity index (χ4v) is 2.81. The maximum Gasteiger partial charge on any atom is 0.177 e. The first kappa shape index (κ1) is 16.1. The smallest absolute Gasteiger partial charge is 0.177 e. The number of hydrogen-bond acceptors (Lipinski definition) is 5. The first-order valence-electron chi connectivity index (χ1n) is 6.93. The minimum Gasteiger partial charge on any atom is -0.494 e. The molecule has 0 unspecified atom stereocenters. The van der Waals surface area contributed by atoms with E-state index in [1.807, 2.05) is 0 Å². The Labute approximate surface area is 138 Å². The van der Waals surface area contributed by atoms with Crippen molar-refractivity contribution in [2.45, 2.75) is 4.90 Å². The number of rotatable bonds is 4. The van der Waals surface area contributed by atoms with Gasteiger partial charge in [0, 0.05) is 18.0 Å². The van der Waals surface area contributed by atoms with Gasteiger partial charge in [0.15, 0.2) is 21.4 Å². The topological polar surface area (TPSA) is 74.1 Å². The van der Waals surface area contributed by atoms with Crippen molar-refractivity contribution in [3.63, 3.8) is 0 Å². The number of sulfone groups is 1. The lowest BCUT2D eigenvalue weighted by atomic mass is 10.1. The predicted molar refractivity (Wildman–Crippen MR) is 86.4 cm³/mol. The van der Waals surface area contributed by atoms with E-state index in [9.17, 15) is 12.8 Å². The van der Waals surface area contributed by atoms with E-state index in [2.05, 4.69) is 9.97 Å². The summed E-state index contributed by atoms with van der Waals surface area (Å²) in [5, 5.41) is 0. The van der Waals surface area contributed by atoms with E-state index in [0.29, 0.717) is 17.1 Å². The molecule has 0 atom stereocenters. The lowest BCUT2D eigenvalue weighted by molar-refractivity contribution is 0.386. The second-order valence-corrected chi connectivity index (χ2v) is 7.14. The van der Waals surface area contributed by atoms with Crippen LogP contribution in [0.4, 0.5) is 4.39 Å². The molecule has 0 bridgehead atoms. The van der Waals surface area contributed by atoms with Gasteiger partial charge in [-0.15, -0.1) is 0 Å². The Bertz CT molecular complexity index is 982. The van der Waals surface area contributed by atoms with Gasteiger partial charge in [0.25, 0.3) is 0 Å². The zero-order valence-corrected chi connectivity index (χ0v) is 13.8. The molecule has 3 aromatic rings. The zero-order valence-electron chi connectivity index (χ0n) is 13.0. The van der Waals surface area contributed by atoms with Gasteiger partial charge in [-0.3, -0.25) is 4.57 Å². The molecule has 0 saturated carbocycles. The summed E-state index contributed by atoms with van der Waals surface area (Å²) in [6.45, 7) is 0. The Morgan fingerprint density at radius 2 is 1.96 bits per heavy atom. The monoisotopic (exact) mass is 347 g/mol. The SMILES string of the molecule is COc1ccc(-c2cncn2-c2ccc(S(C)(=O)=O)cn2)cc1F. The highest BCUT2D eigenvalue weighted by Crippen LogP contribution is 2.27. The van der Waals surface area contributed by atoms with Gasteiger partial charge in [0.2, 0.25) is 0 Å². The van der Waals surface area contributed by atoms with Crippen molar-refractivity contribution in [1.29, 1.82) is 0 Å². The lowest BCUT2D eigenvalue weighted by Crippen LogP contribution is -2.02. The molecule has 0 aliphatic carbocycles. The van der Waals surface area contributed by atoms with Crippen molar-refractivity contribution in [2.75, 3.05) is 13.4 Å². The van der Waals surface area contributed by atoms with Crippen LogP contribution in [-0.2, 0) is 9.84 Å². The molecule has 24 heavy (non-hydrogen) atoms. The Kier molecular flexibility index (Phi) is 4.06. The highest BCUT2D eigenvalue weighted by Gasteiger charge is 2.13. The normalized spacial score (nSPS) is 11.5. The van der Waals surface area contributed by atoms with Crippen LogP contribution in [0, 0.1) is 5.82 Å². The summed E-state index contributed by atoms with van der Waals surface area (Å²) in [5.74, 6) is 0.148. The molecule has 0 aliphatic rings. The number of ether oxygens (including phenoxy) is 1. The number of pyridine rings is 1. The molecule has 2 aromatic heterocycles. The Morgan fingerprint density at radius 1 is 1.17 bits per heavy atom. The molecule has 0 radical (unpaired) electrons. The van der Waals surface area contributed by atoms with Crippen LogP contribution in [0.5, 0.6) is 5.75 Å². The van der Waals surface area contributed by atoms with Gasteiger partial charge in [-0.2, -0.15) is 0 Å². The lowest BCUT2D eigenvalue weighted by Gasteiger charge is -2.09. The summed E-state index contributed by atoms with van der Waals surface area (Å²) in [5.41, 5.74) is 1.22. The summed E-state index contributed by atoms with van der Waals surface area (Å²) >= 11 is 0. The van der Waals surface area contributed by atoms with Crippen LogP contribution in [0.2, 0.25) is 0 Å². The second-order valence-electron chi connectivity index (χ2n) is 5.12. The molecule has 2 heterocycles. The third-order valence-corrected chi connectivity index (χ3v) is 4.58. The molecular weight excluding hydrogens is 333 g/mol. The predicted octanol–water partition coefficient (Wildman–Crippen LogP) is 2.49. The summed E-state index contributed by atoms with van der Waals surface area (Å²) in [6, 6.07) is 7.62. The van der Waals surface area contributed by atoms with E-state index in [-0.39, 0.29) is 10.6 Å². The van der Waals surface area contributed by atoms with Crippen LogP contribution in [0.1, 0.15) is 0 Å². The Morgan fingerprint density at radius 3 is 2.54 bits per heavy atom. The molecule has 0 fully saturated rings. The number of hydrogen-bond donors (Lipinski definition) is 0. The van der Waals surface area contributed by atoms with Crippen LogP contribution in [0.3, 0.4) is 0 Å². The van der Waals surface area contributed by atoms with Crippen LogP contribution >= 0.6 is 0 Å². The number of aromatic nitrogens is 3. The van der Waals surface area contributed by atoms with Crippen molar-refractivity contribution >= 4 is 9.84 Å². The van der Waals surface area contributed by atoms with E-state index in [1.54, 1.807) is 22.9 Å². The third kappa shape index (κ3) is 3.00. The van der Waals surface area contributed by atoms with Crippen LogP contribution in [0.15, 0.2) is 53.9 Å². The highest BCUT2D eigenvalue weighted by molar-refractivity contribution is 7.90. The molecule has 0 spiro atoms. The molecule has 0 N–H and O–H groups in total. The maximum atomic E-state index is 13.9. The van der Waals surface area contributed by atoms with Crippen molar-refractivity contribution in [1.82, 2.24) is 14.5 Å². The maximum absolute atomic E-state index is 13.9. The number of nitrogens with zero attached hydrogens (tertiary/aromatic N) is 3. The first-order valence-corrected chi connectivity index (χ1v) is 8.82. The number of methoxy groups -OCH3 is 1. The highest BCUT2D eigenvalue weighted by atomic mass is 32.2. The molecule has 6 nitrogen and oxygen atoms in total. The fraction of sp³-hybridized carbons (Fsp3) is 0.125. The number of imidazole rings is 1. The molecule has 0 amide bonds. The van der Waals surface area contributed by atoms with Gasteiger partial charge in [0.1, 0.15) is 12.1 Å². The molecule has 8 heteroatoms. The van der Waals surface area contributed by atoms with Crippen molar-refractivity contribution in [2.24, 2.45) is 0 Å². The van der Waals surface area contributed by atoms with Gasteiger partial charge >= 0.3 is 0 Å². The van der Waals surface area contributed by atoms with Crippen molar-refractivity contribution in [3.05, 3.63) is 54.9 Å². The quantitative estimate of drug-likeness (QED) is 0.725. The van der Waals surface area contributed by atoms with E-state index in [4.69, 9.17) is 4.74 Å². The van der Waals surface area contributed by atoms with Crippen LogP contribution in [0.25, 0.3) is 17.1 Å². The first-order chi connectivity index (χ1) is 11.4. The minimum atomic E-state index is -3.31. The van der Waals surface area contributed by atoms with Crippen molar-refractivity contribution < 1.29 is 17.5 Å². The third-order valence-electron chi connectivity index (χ3n) is 3.48. The number of halogens is 1. The van der Waals surface area contributed by atoms with Crippen molar-refractivity contribution in [3.8, 4) is 22.8 Å². The molecule has 124 valence electrons. The van der Waals surface area contributed by atoms with Gasteiger partial charge in [0.05, 0.1) is 23.9 Å². The van der Waals surface area contributed by atoms with Crippen LogP contribution < -0.4 is 4.74 Å². The molecule has 0 aliphatic heterocycles. The van der Waals surface area contributed by atoms with E-state index >= 15 is 0 Å². The largest absolute Gasteiger partial charge is 0.494 e. The summed E-state index contributed by atoms with van der Waals surface area (Å²) < 4.78 is 43.5. The van der Waals surface area contributed by atoms with E-state index in [0.717, 1.165) is 6.26 Å². The average molecular weight is 347 g/mol. The van der Waals surface area contributed by atoms with Gasteiger partial charge < -0.3 is 4.74 Å². The molecule has 1 aromatic carbocycles. The van der Waals surface area contributed by atoms with Gasteiger partial charge in [-0.05, 0) is 30.3 Å². The van der Waals surface area contributed by atoms with Gasteiger partial charge in [-0.25, -0.2) is 22.8 Å². The second kappa shape index (κ2) is 6.04. The van der Waals surface area contributed by atoms with E-state index in [1.165, 1.54) is 37.8 Å². The summed E-state index contributed by atoms with van der Waals surface area (Å²) in [6.07, 6.45) is 5.50. The molecular formula is C16H14FN3O3S. The average Bonchev–Trinajstić information content (AvgIpc) is 3.03. The minimum absolute atomic E-state index is 0.128. The molecule has 3 rings (SSSR count). The van der Waals surface area contributed by atoms with Gasteiger partial charge in [-0.1, -0.05) is 0 Å². The Hall–Kier alpha value is -2.74. The van der Waals surface area contributed by atoms with E-state index < -0.39 is 15.7 Å². The number of benzene rings is 1. The fourth-order valence-electron chi connectivity index (χ4n) is 2.25. The summed E-state index contributed by atoms with van der Waals surface area (Å²) in [7, 11) is -1.92. The molecule has 0 saturated heterocycles. The Balaban J connectivity index is 2.03. The standard InChI is InChI=1S/C16H14FN3O3S/c1-23-15-5-3-11(7-13(15)17)14-9-18-10-20(14)16-6-4-12(8-19-16)24(2,21)22/h3-10H,1-2H3.